The van der Waals surface area contributed by atoms with Crippen LogP contribution in [0.3, 0.4) is 0 Å². The Kier molecular flexibility index (Phi) is 3.90. The van der Waals surface area contributed by atoms with Crippen molar-refractivity contribution in [3.05, 3.63) is 66.1 Å². The standard InChI is InChI=1S/C17H18N4O2/c1-2-5-13(6-3-1)16-14(8-12-22-16)17-20-19-15(23-17)7-11-21-10-4-9-18-21/h1-6,9-10,14,16H,7-8,11-12H2/t14-,16+/m0/s1. The zero-order valence-electron chi connectivity index (χ0n) is 12.7. The average Bonchev–Trinajstić information content (AvgIpc) is 3.33. The van der Waals surface area contributed by atoms with Gasteiger partial charge in [0.15, 0.2) is 0 Å². The van der Waals surface area contributed by atoms with Gasteiger partial charge in [-0.25, -0.2) is 0 Å². The smallest absolute Gasteiger partial charge is 0.222 e. The van der Waals surface area contributed by atoms with Gasteiger partial charge in [-0.1, -0.05) is 30.3 Å². The molecule has 6 heteroatoms. The van der Waals surface area contributed by atoms with Gasteiger partial charge in [-0.15, -0.1) is 10.2 Å². The molecule has 0 amide bonds. The van der Waals surface area contributed by atoms with Crippen molar-refractivity contribution in [1.82, 2.24) is 20.0 Å². The van der Waals surface area contributed by atoms with Crippen LogP contribution >= 0.6 is 0 Å². The fourth-order valence-electron chi connectivity index (χ4n) is 2.97. The van der Waals surface area contributed by atoms with Crippen molar-refractivity contribution in [3.8, 4) is 0 Å². The van der Waals surface area contributed by atoms with E-state index in [1.807, 2.05) is 35.1 Å². The summed E-state index contributed by atoms with van der Waals surface area (Å²) in [6, 6.07) is 12.1. The number of nitrogens with zero attached hydrogens (tertiary/aromatic N) is 4. The van der Waals surface area contributed by atoms with Gasteiger partial charge >= 0.3 is 0 Å². The van der Waals surface area contributed by atoms with Crippen molar-refractivity contribution >= 4 is 0 Å². The van der Waals surface area contributed by atoms with Gasteiger partial charge in [0.2, 0.25) is 11.8 Å². The quantitative estimate of drug-likeness (QED) is 0.725. The first kappa shape index (κ1) is 14.1. The third-order valence-corrected chi connectivity index (χ3v) is 4.13. The molecular formula is C17H18N4O2. The molecule has 0 radical (unpaired) electrons. The van der Waals surface area contributed by atoms with Crippen LogP contribution in [-0.4, -0.2) is 26.6 Å². The summed E-state index contributed by atoms with van der Waals surface area (Å²) in [6.45, 7) is 1.45. The molecule has 1 aromatic carbocycles. The third kappa shape index (κ3) is 3.03. The molecule has 0 bridgehead atoms. The molecule has 118 valence electrons. The molecule has 2 atom stereocenters. The molecule has 3 heterocycles. The maximum absolute atomic E-state index is 5.89. The Hall–Kier alpha value is -2.47. The van der Waals surface area contributed by atoms with Crippen LogP contribution in [0.15, 0.2) is 53.2 Å². The van der Waals surface area contributed by atoms with E-state index in [1.54, 1.807) is 6.20 Å². The summed E-state index contributed by atoms with van der Waals surface area (Å²) in [5.41, 5.74) is 1.16. The maximum atomic E-state index is 5.89. The molecule has 0 saturated carbocycles. The Labute approximate surface area is 134 Å². The minimum absolute atomic E-state index is 0.00406. The molecule has 1 aliphatic heterocycles. The summed E-state index contributed by atoms with van der Waals surface area (Å²) < 4.78 is 13.6. The fraction of sp³-hybridized carbons (Fsp3) is 0.353. The molecule has 0 unspecified atom stereocenters. The lowest BCUT2D eigenvalue weighted by atomic mass is 9.95. The van der Waals surface area contributed by atoms with Gasteiger partial charge in [0.1, 0.15) is 0 Å². The van der Waals surface area contributed by atoms with E-state index in [0.29, 0.717) is 18.2 Å². The number of aromatic nitrogens is 4. The second-order valence-corrected chi connectivity index (χ2v) is 5.65. The number of hydrogen-bond acceptors (Lipinski definition) is 5. The summed E-state index contributed by atoms with van der Waals surface area (Å²) in [5, 5.41) is 12.6. The molecule has 1 saturated heterocycles. The molecule has 0 aliphatic carbocycles. The Morgan fingerprint density at radius 2 is 2.04 bits per heavy atom. The summed E-state index contributed by atoms with van der Waals surface area (Å²) in [4.78, 5) is 0. The number of ether oxygens (including phenoxy) is 1. The largest absolute Gasteiger partial charge is 0.425 e. The van der Waals surface area contributed by atoms with Gasteiger partial charge < -0.3 is 9.15 Å². The van der Waals surface area contributed by atoms with Crippen LogP contribution in [0.25, 0.3) is 0 Å². The van der Waals surface area contributed by atoms with Crippen LogP contribution < -0.4 is 0 Å². The number of aryl methyl sites for hydroxylation is 2. The average molecular weight is 310 g/mol. The van der Waals surface area contributed by atoms with E-state index in [2.05, 4.69) is 27.4 Å². The number of hydrogen-bond donors (Lipinski definition) is 0. The van der Waals surface area contributed by atoms with E-state index in [1.165, 1.54) is 0 Å². The molecule has 4 rings (SSSR count). The van der Waals surface area contributed by atoms with Crippen molar-refractivity contribution in [1.29, 1.82) is 0 Å². The highest BCUT2D eigenvalue weighted by Gasteiger charge is 2.34. The van der Waals surface area contributed by atoms with Crippen LogP contribution in [0.2, 0.25) is 0 Å². The summed E-state index contributed by atoms with van der Waals surface area (Å²) in [7, 11) is 0. The van der Waals surface area contributed by atoms with E-state index in [9.17, 15) is 0 Å². The lowest BCUT2D eigenvalue weighted by molar-refractivity contribution is 0.0996. The molecule has 1 fully saturated rings. The minimum Gasteiger partial charge on any atom is -0.425 e. The van der Waals surface area contributed by atoms with E-state index in [0.717, 1.165) is 25.1 Å². The number of rotatable bonds is 5. The molecule has 3 aromatic rings. The highest BCUT2D eigenvalue weighted by atomic mass is 16.5. The molecule has 1 aliphatic rings. The Bertz CT molecular complexity index is 739. The first-order valence-corrected chi connectivity index (χ1v) is 7.86. The first-order valence-electron chi connectivity index (χ1n) is 7.86. The lowest BCUT2D eigenvalue weighted by Gasteiger charge is -2.15. The second-order valence-electron chi connectivity index (χ2n) is 5.65. The highest BCUT2D eigenvalue weighted by Crippen LogP contribution is 2.40. The summed E-state index contributed by atoms with van der Waals surface area (Å²) in [5.74, 6) is 1.45. The van der Waals surface area contributed by atoms with Crippen molar-refractivity contribution in [2.75, 3.05) is 6.61 Å². The summed E-state index contributed by atoms with van der Waals surface area (Å²) in [6.07, 6.45) is 5.27. The third-order valence-electron chi connectivity index (χ3n) is 4.13. The maximum Gasteiger partial charge on any atom is 0.222 e. The van der Waals surface area contributed by atoms with Gasteiger partial charge in [-0.3, -0.25) is 4.68 Å². The first-order chi connectivity index (χ1) is 11.4. The van der Waals surface area contributed by atoms with Crippen molar-refractivity contribution < 1.29 is 9.15 Å². The fourth-order valence-corrected chi connectivity index (χ4v) is 2.97. The Morgan fingerprint density at radius 3 is 2.87 bits per heavy atom. The molecular weight excluding hydrogens is 292 g/mol. The van der Waals surface area contributed by atoms with Crippen molar-refractivity contribution in [2.24, 2.45) is 0 Å². The van der Waals surface area contributed by atoms with Gasteiger partial charge in [-0.05, 0) is 18.1 Å². The van der Waals surface area contributed by atoms with Gasteiger partial charge in [0.05, 0.1) is 12.0 Å². The Morgan fingerprint density at radius 1 is 1.13 bits per heavy atom. The summed E-state index contributed by atoms with van der Waals surface area (Å²) >= 11 is 0. The van der Waals surface area contributed by atoms with Crippen LogP contribution in [0, 0.1) is 0 Å². The predicted molar refractivity (Wildman–Crippen MR) is 82.7 cm³/mol. The monoisotopic (exact) mass is 310 g/mol. The lowest BCUT2D eigenvalue weighted by Crippen LogP contribution is -2.06. The van der Waals surface area contributed by atoms with Crippen LogP contribution in [0.5, 0.6) is 0 Å². The van der Waals surface area contributed by atoms with E-state index in [4.69, 9.17) is 9.15 Å². The van der Waals surface area contributed by atoms with Crippen LogP contribution in [0.1, 0.15) is 35.8 Å². The van der Waals surface area contributed by atoms with Crippen molar-refractivity contribution in [3.63, 3.8) is 0 Å². The molecule has 2 aromatic heterocycles. The topological polar surface area (TPSA) is 66.0 Å². The number of benzene rings is 1. The van der Waals surface area contributed by atoms with Crippen LogP contribution in [0.4, 0.5) is 0 Å². The zero-order chi connectivity index (χ0) is 15.5. The second kappa shape index (κ2) is 6.34. The molecule has 0 spiro atoms. The van der Waals surface area contributed by atoms with Gasteiger partial charge in [0, 0.05) is 32.0 Å². The van der Waals surface area contributed by atoms with Crippen molar-refractivity contribution in [2.45, 2.75) is 31.4 Å². The van der Waals surface area contributed by atoms with Crippen LogP contribution in [-0.2, 0) is 17.7 Å². The highest BCUT2D eigenvalue weighted by molar-refractivity contribution is 5.21. The van der Waals surface area contributed by atoms with E-state index >= 15 is 0 Å². The van der Waals surface area contributed by atoms with E-state index < -0.39 is 0 Å². The molecule has 23 heavy (non-hydrogen) atoms. The van der Waals surface area contributed by atoms with E-state index in [-0.39, 0.29) is 12.0 Å². The minimum atomic E-state index is -0.00406. The van der Waals surface area contributed by atoms with Gasteiger partial charge in [0.25, 0.3) is 0 Å². The predicted octanol–water partition coefficient (Wildman–Crippen LogP) is 2.75. The Balaban J connectivity index is 1.47. The van der Waals surface area contributed by atoms with Gasteiger partial charge in [-0.2, -0.15) is 5.10 Å². The molecule has 6 nitrogen and oxygen atoms in total. The SMILES string of the molecule is c1ccc([C@H]2OCC[C@@H]2c2nnc(CCn3cccn3)o2)cc1. The zero-order valence-corrected chi connectivity index (χ0v) is 12.7. The normalized spacial score (nSPS) is 20.9. The molecule has 0 N–H and O–H groups in total.